The van der Waals surface area contributed by atoms with Crippen LogP contribution in [0.4, 0.5) is 0 Å². The van der Waals surface area contributed by atoms with Crippen molar-refractivity contribution in [2.75, 3.05) is 26.2 Å². The first-order valence-corrected chi connectivity index (χ1v) is 13.7. The topological polar surface area (TPSA) is 49.9 Å². The number of hydrogen-bond donors (Lipinski definition) is 0. The van der Waals surface area contributed by atoms with E-state index in [1.54, 1.807) is 23.5 Å². The highest BCUT2D eigenvalue weighted by Gasteiger charge is 2.35. The van der Waals surface area contributed by atoms with Gasteiger partial charge in [0.2, 0.25) is 11.8 Å². The molecule has 1 aliphatic heterocycles. The van der Waals surface area contributed by atoms with E-state index in [-0.39, 0.29) is 30.3 Å². The van der Waals surface area contributed by atoms with Gasteiger partial charge in [-0.15, -0.1) is 11.3 Å². The number of amides is 2. The van der Waals surface area contributed by atoms with Crippen LogP contribution in [0.5, 0.6) is 5.75 Å². The van der Waals surface area contributed by atoms with Gasteiger partial charge in [-0.25, -0.2) is 0 Å². The minimum absolute atomic E-state index is 0.0104. The quantitative estimate of drug-likeness (QED) is 0.424. The standard InChI is InChI=1S/C27H35ClN2O3S/c1-3-19(2)16-29(27(32)20-6-4-5-7-20)17-26(31)30-14-12-25-23(13-15-34-25)24(30)18-33-22-10-8-21(28)9-11-22/h8-11,13,15,19-20,24H,3-7,12,14,16-18H2,1-2H3/t19-,24+/m0/s1. The number of fused-ring (bicyclic) bond motifs is 1. The molecule has 1 aromatic carbocycles. The molecule has 0 bridgehead atoms. The number of carbonyl (C=O) groups excluding carboxylic acids is 2. The third kappa shape index (κ3) is 5.95. The summed E-state index contributed by atoms with van der Waals surface area (Å²) in [4.78, 5) is 32.1. The second kappa shape index (κ2) is 11.6. The fourth-order valence-electron chi connectivity index (χ4n) is 5.00. The highest BCUT2D eigenvalue weighted by atomic mass is 35.5. The van der Waals surface area contributed by atoms with E-state index in [0.29, 0.717) is 30.6 Å². The molecule has 2 atom stereocenters. The molecule has 34 heavy (non-hydrogen) atoms. The lowest BCUT2D eigenvalue weighted by atomic mass is 10.00. The maximum Gasteiger partial charge on any atom is 0.242 e. The molecule has 4 rings (SSSR count). The van der Waals surface area contributed by atoms with Crippen LogP contribution in [0.3, 0.4) is 0 Å². The number of nitrogens with zero attached hydrogens (tertiary/aromatic N) is 2. The fraction of sp³-hybridized carbons (Fsp3) is 0.556. The van der Waals surface area contributed by atoms with Gasteiger partial charge in [-0.05, 0) is 66.5 Å². The summed E-state index contributed by atoms with van der Waals surface area (Å²) >= 11 is 7.74. The average Bonchev–Trinajstić information content (AvgIpc) is 3.54. The second-order valence-electron chi connectivity index (χ2n) is 9.63. The molecule has 1 saturated carbocycles. The molecule has 5 nitrogen and oxygen atoms in total. The van der Waals surface area contributed by atoms with Crippen LogP contribution >= 0.6 is 22.9 Å². The van der Waals surface area contributed by atoms with Crippen molar-refractivity contribution in [2.24, 2.45) is 11.8 Å². The summed E-state index contributed by atoms with van der Waals surface area (Å²) in [5.74, 6) is 1.34. The average molecular weight is 503 g/mol. The Labute approximate surface area is 212 Å². The van der Waals surface area contributed by atoms with Crippen LogP contribution in [0, 0.1) is 11.8 Å². The molecule has 2 heterocycles. The number of rotatable bonds is 9. The Morgan fingerprint density at radius 2 is 1.94 bits per heavy atom. The number of benzene rings is 1. The van der Waals surface area contributed by atoms with E-state index in [4.69, 9.17) is 16.3 Å². The zero-order chi connectivity index (χ0) is 24.1. The molecule has 2 aliphatic rings. The third-order valence-corrected chi connectivity index (χ3v) is 8.46. The lowest BCUT2D eigenvalue weighted by Crippen LogP contribution is -2.49. The summed E-state index contributed by atoms with van der Waals surface area (Å²) in [6, 6.07) is 9.25. The monoisotopic (exact) mass is 502 g/mol. The Kier molecular flexibility index (Phi) is 8.54. The molecule has 7 heteroatoms. The van der Waals surface area contributed by atoms with Gasteiger partial charge in [0.1, 0.15) is 12.4 Å². The van der Waals surface area contributed by atoms with E-state index in [2.05, 4.69) is 25.3 Å². The predicted molar refractivity (Wildman–Crippen MR) is 137 cm³/mol. The van der Waals surface area contributed by atoms with Crippen LogP contribution in [-0.2, 0) is 16.0 Å². The van der Waals surface area contributed by atoms with Gasteiger partial charge in [0.25, 0.3) is 0 Å². The highest BCUT2D eigenvalue weighted by molar-refractivity contribution is 7.10. The van der Waals surface area contributed by atoms with Gasteiger partial charge in [0.15, 0.2) is 0 Å². The molecular weight excluding hydrogens is 468 g/mol. The summed E-state index contributed by atoms with van der Waals surface area (Å²) in [5.41, 5.74) is 1.16. The maximum absolute atomic E-state index is 13.7. The normalized spacial score (nSPS) is 19.0. The van der Waals surface area contributed by atoms with E-state index in [1.807, 2.05) is 21.9 Å². The Bertz CT molecular complexity index is 971. The van der Waals surface area contributed by atoms with Crippen molar-refractivity contribution >= 4 is 34.8 Å². The van der Waals surface area contributed by atoms with Crippen LogP contribution in [0.2, 0.25) is 5.02 Å². The minimum Gasteiger partial charge on any atom is -0.491 e. The molecule has 0 saturated heterocycles. The van der Waals surface area contributed by atoms with Crippen LogP contribution < -0.4 is 4.74 Å². The number of halogens is 1. The molecule has 0 radical (unpaired) electrons. The fourth-order valence-corrected chi connectivity index (χ4v) is 6.06. The SMILES string of the molecule is CC[C@H](C)CN(CC(=O)N1CCc2sccc2[C@H]1COc1ccc(Cl)cc1)C(=O)C1CCCC1. The predicted octanol–water partition coefficient (Wildman–Crippen LogP) is 5.97. The molecule has 1 aromatic heterocycles. The van der Waals surface area contributed by atoms with Gasteiger partial charge in [-0.1, -0.05) is 44.7 Å². The van der Waals surface area contributed by atoms with E-state index in [9.17, 15) is 9.59 Å². The summed E-state index contributed by atoms with van der Waals surface area (Å²) in [5, 5.41) is 2.75. The number of ether oxygens (including phenoxy) is 1. The van der Waals surface area contributed by atoms with Gasteiger partial charge >= 0.3 is 0 Å². The smallest absolute Gasteiger partial charge is 0.242 e. The number of thiophene rings is 1. The van der Waals surface area contributed by atoms with Crippen molar-refractivity contribution in [1.82, 2.24) is 9.80 Å². The second-order valence-corrected chi connectivity index (χ2v) is 11.1. The van der Waals surface area contributed by atoms with Gasteiger partial charge in [0.05, 0.1) is 12.6 Å². The molecule has 0 unspecified atom stereocenters. The first-order valence-electron chi connectivity index (χ1n) is 12.5. The summed E-state index contributed by atoms with van der Waals surface area (Å²) < 4.78 is 6.09. The van der Waals surface area contributed by atoms with Crippen molar-refractivity contribution in [3.8, 4) is 5.75 Å². The molecule has 2 aromatic rings. The van der Waals surface area contributed by atoms with Crippen LogP contribution in [0.15, 0.2) is 35.7 Å². The molecular formula is C27H35ClN2O3S. The van der Waals surface area contributed by atoms with Gasteiger partial charge < -0.3 is 14.5 Å². The number of carbonyl (C=O) groups is 2. The number of hydrogen-bond acceptors (Lipinski definition) is 4. The van der Waals surface area contributed by atoms with Crippen molar-refractivity contribution in [3.63, 3.8) is 0 Å². The van der Waals surface area contributed by atoms with Gasteiger partial charge in [-0.2, -0.15) is 0 Å². The first kappa shape index (κ1) is 25.1. The molecule has 1 aliphatic carbocycles. The zero-order valence-electron chi connectivity index (χ0n) is 20.2. The lowest BCUT2D eigenvalue weighted by Gasteiger charge is -2.37. The summed E-state index contributed by atoms with van der Waals surface area (Å²) in [6.45, 7) is 6.10. The molecule has 2 amide bonds. The molecule has 184 valence electrons. The van der Waals surface area contributed by atoms with Crippen molar-refractivity contribution in [1.29, 1.82) is 0 Å². The lowest BCUT2D eigenvalue weighted by molar-refractivity contribution is -0.145. The maximum atomic E-state index is 13.7. The van der Waals surface area contributed by atoms with E-state index < -0.39 is 0 Å². The Hall–Kier alpha value is -2.05. The Balaban J connectivity index is 1.49. The van der Waals surface area contributed by atoms with Crippen LogP contribution in [-0.4, -0.2) is 47.9 Å². The van der Waals surface area contributed by atoms with Crippen LogP contribution in [0.1, 0.15) is 62.4 Å². The van der Waals surface area contributed by atoms with E-state index in [0.717, 1.165) is 49.8 Å². The largest absolute Gasteiger partial charge is 0.491 e. The highest BCUT2D eigenvalue weighted by Crippen LogP contribution is 2.34. The van der Waals surface area contributed by atoms with E-state index >= 15 is 0 Å². The summed E-state index contributed by atoms with van der Waals surface area (Å²) in [6.07, 6.45) is 5.95. The molecule has 0 spiro atoms. The van der Waals surface area contributed by atoms with E-state index in [1.165, 1.54) is 4.88 Å². The van der Waals surface area contributed by atoms with Crippen molar-refractivity contribution in [3.05, 3.63) is 51.2 Å². The zero-order valence-corrected chi connectivity index (χ0v) is 21.7. The molecule has 0 N–H and O–H groups in total. The van der Waals surface area contributed by atoms with Crippen LogP contribution in [0.25, 0.3) is 0 Å². The third-order valence-electron chi connectivity index (χ3n) is 7.21. The molecule has 1 fully saturated rings. The first-order chi connectivity index (χ1) is 16.5. The minimum atomic E-state index is -0.162. The van der Waals surface area contributed by atoms with Crippen molar-refractivity contribution in [2.45, 2.75) is 58.4 Å². The summed E-state index contributed by atoms with van der Waals surface area (Å²) in [7, 11) is 0. The van der Waals surface area contributed by atoms with Gasteiger partial charge in [-0.3, -0.25) is 9.59 Å². The van der Waals surface area contributed by atoms with Crippen molar-refractivity contribution < 1.29 is 14.3 Å². The Morgan fingerprint density at radius 3 is 2.65 bits per heavy atom. The Morgan fingerprint density at radius 1 is 1.21 bits per heavy atom. The van der Waals surface area contributed by atoms with Gasteiger partial charge in [0, 0.05) is 28.9 Å².